The molecule has 0 aliphatic rings. The van der Waals surface area contributed by atoms with Gasteiger partial charge in [0.25, 0.3) is 5.91 Å². The molecule has 0 fully saturated rings. The van der Waals surface area contributed by atoms with Crippen LogP contribution in [-0.4, -0.2) is 34.7 Å². The molecule has 0 unspecified atom stereocenters. The van der Waals surface area contributed by atoms with Gasteiger partial charge in [-0.3, -0.25) is 4.79 Å². The zero-order valence-corrected chi connectivity index (χ0v) is 18.1. The first-order valence-corrected chi connectivity index (χ1v) is 9.97. The predicted molar refractivity (Wildman–Crippen MR) is 120 cm³/mol. The normalized spacial score (nSPS) is 11.0. The smallest absolute Gasteiger partial charge is 0.259 e. The van der Waals surface area contributed by atoms with Crippen LogP contribution in [0.2, 0.25) is 5.02 Å². The number of nitrogens with one attached hydrogen (secondary N) is 1. The lowest BCUT2D eigenvalue weighted by Crippen LogP contribution is -2.16. The summed E-state index contributed by atoms with van der Waals surface area (Å²) in [7, 11) is 3.15. The molecule has 31 heavy (non-hydrogen) atoms. The first-order chi connectivity index (χ1) is 15.0. The topological polar surface area (TPSA) is 77.8 Å². The third kappa shape index (κ3) is 3.97. The van der Waals surface area contributed by atoms with Crippen LogP contribution in [0.3, 0.4) is 0 Å². The molecule has 2 aromatic carbocycles. The number of anilines is 1. The molecule has 0 bridgehead atoms. The van der Waals surface area contributed by atoms with Gasteiger partial charge in [-0.2, -0.15) is 5.10 Å². The minimum Gasteiger partial charge on any atom is -0.495 e. The molecular weight excluding hydrogens is 416 g/mol. The molecule has 4 aromatic rings. The van der Waals surface area contributed by atoms with E-state index in [4.69, 9.17) is 21.1 Å². The number of methoxy groups -OCH3 is 2. The van der Waals surface area contributed by atoms with E-state index in [1.165, 1.54) is 7.11 Å². The van der Waals surface area contributed by atoms with Crippen LogP contribution in [0.25, 0.3) is 16.8 Å². The number of halogens is 1. The first-order valence-electron chi connectivity index (χ1n) is 9.60. The Balaban J connectivity index is 1.78. The molecule has 158 valence electrons. The predicted octanol–water partition coefficient (Wildman–Crippen LogP) is 4.77. The fourth-order valence-corrected chi connectivity index (χ4v) is 3.64. The average Bonchev–Trinajstić information content (AvgIpc) is 3.14. The highest BCUT2D eigenvalue weighted by atomic mass is 35.5. The molecule has 0 aliphatic carbocycles. The number of hydrogen-bond donors (Lipinski definition) is 1. The van der Waals surface area contributed by atoms with E-state index >= 15 is 0 Å². The minimum atomic E-state index is -0.336. The van der Waals surface area contributed by atoms with E-state index in [1.54, 1.807) is 36.0 Å². The van der Waals surface area contributed by atoms with E-state index in [0.717, 1.165) is 16.8 Å². The highest BCUT2D eigenvalue weighted by Gasteiger charge is 2.21. The van der Waals surface area contributed by atoms with Gasteiger partial charge in [-0.1, -0.05) is 41.9 Å². The van der Waals surface area contributed by atoms with Crippen molar-refractivity contribution >= 4 is 28.8 Å². The Morgan fingerprint density at radius 2 is 1.94 bits per heavy atom. The summed E-state index contributed by atoms with van der Waals surface area (Å²) in [6, 6.07) is 14.9. The van der Waals surface area contributed by atoms with Gasteiger partial charge in [0.1, 0.15) is 5.75 Å². The number of carbonyl (C=O) groups excluding carboxylic acids is 1. The number of rotatable bonds is 6. The van der Waals surface area contributed by atoms with E-state index in [-0.39, 0.29) is 5.91 Å². The fourth-order valence-electron chi connectivity index (χ4n) is 3.47. The molecule has 0 radical (unpaired) electrons. The number of amides is 1. The molecule has 8 heteroatoms. The Kier molecular flexibility index (Phi) is 5.88. The zero-order chi connectivity index (χ0) is 22.0. The van der Waals surface area contributed by atoms with Crippen molar-refractivity contribution in [2.24, 2.45) is 0 Å². The largest absolute Gasteiger partial charge is 0.495 e. The van der Waals surface area contributed by atoms with Crippen LogP contribution in [-0.2, 0) is 11.3 Å². The van der Waals surface area contributed by atoms with Crippen molar-refractivity contribution in [3.8, 4) is 16.9 Å². The number of aromatic nitrogens is 3. The molecule has 1 amide bonds. The third-order valence-corrected chi connectivity index (χ3v) is 5.19. The second-order valence-electron chi connectivity index (χ2n) is 6.91. The molecule has 2 heterocycles. The van der Waals surface area contributed by atoms with Crippen LogP contribution in [0.15, 0.2) is 54.7 Å². The van der Waals surface area contributed by atoms with Gasteiger partial charge in [0.2, 0.25) is 0 Å². The first kappa shape index (κ1) is 20.8. The number of nitrogens with zero attached hydrogens (tertiary/aromatic N) is 3. The van der Waals surface area contributed by atoms with E-state index in [0.29, 0.717) is 40.0 Å². The van der Waals surface area contributed by atoms with Gasteiger partial charge in [0.05, 0.1) is 41.9 Å². The maximum absolute atomic E-state index is 13.0. The summed E-state index contributed by atoms with van der Waals surface area (Å²) in [5.41, 5.74) is 4.80. The van der Waals surface area contributed by atoms with E-state index in [2.05, 4.69) is 15.4 Å². The van der Waals surface area contributed by atoms with Crippen molar-refractivity contribution in [1.29, 1.82) is 0 Å². The van der Waals surface area contributed by atoms with Crippen molar-refractivity contribution in [2.75, 3.05) is 19.5 Å². The van der Waals surface area contributed by atoms with Crippen LogP contribution in [0, 0.1) is 6.92 Å². The van der Waals surface area contributed by atoms with E-state index in [9.17, 15) is 4.79 Å². The molecule has 2 aromatic heterocycles. The lowest BCUT2D eigenvalue weighted by Gasteiger charge is -2.12. The molecule has 7 nitrogen and oxygen atoms in total. The van der Waals surface area contributed by atoms with Crippen molar-refractivity contribution < 1.29 is 14.3 Å². The molecule has 0 aliphatic heterocycles. The lowest BCUT2D eigenvalue weighted by molar-refractivity contribution is 0.102. The number of fused-ring (bicyclic) bond motifs is 1. The lowest BCUT2D eigenvalue weighted by atomic mass is 10.1. The number of hydrogen-bond acceptors (Lipinski definition) is 5. The van der Waals surface area contributed by atoms with Crippen LogP contribution in [0.4, 0.5) is 5.69 Å². The monoisotopic (exact) mass is 436 g/mol. The molecule has 0 saturated carbocycles. The molecule has 0 spiro atoms. The van der Waals surface area contributed by atoms with Crippen molar-refractivity contribution in [2.45, 2.75) is 13.5 Å². The summed E-state index contributed by atoms with van der Waals surface area (Å²) >= 11 is 6.08. The zero-order valence-electron chi connectivity index (χ0n) is 17.3. The second-order valence-corrected chi connectivity index (χ2v) is 7.35. The molecule has 0 atom stereocenters. The summed E-state index contributed by atoms with van der Waals surface area (Å²) in [5.74, 6) is 0.176. The highest BCUT2D eigenvalue weighted by Crippen LogP contribution is 2.30. The van der Waals surface area contributed by atoms with Gasteiger partial charge in [-0.15, -0.1) is 0 Å². The van der Waals surface area contributed by atoms with Gasteiger partial charge in [-0.05, 0) is 30.7 Å². The van der Waals surface area contributed by atoms with E-state index < -0.39 is 0 Å². The molecule has 1 N–H and O–H groups in total. The maximum atomic E-state index is 13.0. The number of benzene rings is 2. The summed E-state index contributed by atoms with van der Waals surface area (Å²) < 4.78 is 12.3. The van der Waals surface area contributed by atoms with Gasteiger partial charge in [0.15, 0.2) is 5.65 Å². The van der Waals surface area contributed by atoms with Crippen LogP contribution < -0.4 is 10.1 Å². The summed E-state index contributed by atoms with van der Waals surface area (Å²) in [6.45, 7) is 2.16. The van der Waals surface area contributed by atoms with Gasteiger partial charge >= 0.3 is 0 Å². The third-order valence-electron chi connectivity index (χ3n) is 4.95. The number of carbonyl (C=O) groups is 1. The average molecular weight is 437 g/mol. The van der Waals surface area contributed by atoms with Crippen LogP contribution >= 0.6 is 11.6 Å². The molecule has 4 rings (SSSR count). The number of aryl methyl sites for hydroxylation is 1. The Morgan fingerprint density at radius 3 is 2.65 bits per heavy atom. The minimum absolute atomic E-state index is 0.328. The summed E-state index contributed by atoms with van der Waals surface area (Å²) in [6.07, 6.45) is 1.56. The Morgan fingerprint density at radius 1 is 1.16 bits per heavy atom. The van der Waals surface area contributed by atoms with Crippen LogP contribution in [0.5, 0.6) is 5.75 Å². The number of ether oxygens (including phenoxy) is 2. The van der Waals surface area contributed by atoms with Gasteiger partial charge in [0, 0.05) is 18.3 Å². The quantitative estimate of drug-likeness (QED) is 0.471. The summed E-state index contributed by atoms with van der Waals surface area (Å²) in [5, 5.41) is 8.02. The maximum Gasteiger partial charge on any atom is 0.259 e. The van der Waals surface area contributed by atoms with Gasteiger partial charge < -0.3 is 14.8 Å². The SMILES string of the molecule is COCc1nn2c(C)c(C(=O)Nc3cc(Cl)ccc3OC)cnc2c1-c1ccccc1. The Labute approximate surface area is 184 Å². The Bertz CT molecular complexity index is 1250. The Hall–Kier alpha value is -3.42. The second kappa shape index (κ2) is 8.75. The molecule has 0 saturated heterocycles. The highest BCUT2D eigenvalue weighted by molar-refractivity contribution is 6.31. The van der Waals surface area contributed by atoms with Crippen molar-refractivity contribution in [3.05, 3.63) is 76.7 Å². The van der Waals surface area contributed by atoms with Crippen molar-refractivity contribution in [1.82, 2.24) is 14.6 Å². The molecular formula is C23H21ClN4O3. The van der Waals surface area contributed by atoms with Crippen LogP contribution in [0.1, 0.15) is 21.7 Å². The van der Waals surface area contributed by atoms with Crippen molar-refractivity contribution in [3.63, 3.8) is 0 Å². The van der Waals surface area contributed by atoms with E-state index in [1.807, 2.05) is 37.3 Å². The standard InChI is InChI=1S/C23H21ClN4O3/c1-14-17(23(29)26-18-11-16(24)9-10-20(18)31-3)12-25-22-21(15-7-5-4-6-8-15)19(13-30-2)27-28(14)22/h4-12H,13H2,1-3H3,(H,26,29). The summed E-state index contributed by atoms with van der Waals surface area (Å²) in [4.78, 5) is 17.6. The fraction of sp³-hybridized carbons (Fsp3) is 0.174. The van der Waals surface area contributed by atoms with Gasteiger partial charge in [-0.25, -0.2) is 9.50 Å².